The van der Waals surface area contributed by atoms with Gasteiger partial charge in [0.05, 0.1) is 12.2 Å². The van der Waals surface area contributed by atoms with Crippen LogP contribution >= 0.6 is 35.6 Å². The molecule has 0 bridgehead atoms. The van der Waals surface area contributed by atoms with Crippen molar-refractivity contribution in [2.24, 2.45) is 4.99 Å². The molecule has 0 spiro atoms. The van der Waals surface area contributed by atoms with E-state index in [9.17, 15) is 0 Å². The lowest BCUT2D eigenvalue weighted by molar-refractivity contribution is 0.644. The van der Waals surface area contributed by atoms with Crippen LogP contribution in [0, 0.1) is 6.92 Å². The predicted octanol–water partition coefficient (Wildman–Crippen LogP) is 4.06. The zero-order valence-corrected chi connectivity index (χ0v) is 17.6. The van der Waals surface area contributed by atoms with E-state index in [0.717, 1.165) is 28.9 Å². The molecule has 0 unspecified atom stereocenters. The average molecular weight is 471 g/mol. The normalized spacial score (nSPS) is 15.2. The molecule has 6 heteroatoms. The van der Waals surface area contributed by atoms with Crippen molar-refractivity contribution in [3.63, 3.8) is 0 Å². The van der Waals surface area contributed by atoms with E-state index < -0.39 is 0 Å². The first-order chi connectivity index (χ1) is 11.6. The summed E-state index contributed by atoms with van der Waals surface area (Å²) in [5, 5.41) is 7.57. The fourth-order valence-electron chi connectivity index (χ4n) is 2.88. The summed E-state index contributed by atoms with van der Waals surface area (Å²) in [5.74, 6) is 0.798. The number of aliphatic imine (C=N–C) groups is 1. The van der Waals surface area contributed by atoms with Gasteiger partial charge in [0, 0.05) is 29.7 Å². The number of halogens is 2. The number of benzene rings is 1. The zero-order chi connectivity index (χ0) is 17.0. The highest BCUT2D eigenvalue weighted by atomic mass is 127. The van der Waals surface area contributed by atoms with Gasteiger partial charge in [0.1, 0.15) is 0 Å². The molecule has 0 radical (unpaired) electrons. The van der Waals surface area contributed by atoms with Gasteiger partial charge < -0.3 is 10.6 Å². The molecule has 2 N–H and O–H groups in total. The van der Waals surface area contributed by atoms with Crippen LogP contribution in [0.5, 0.6) is 0 Å². The van der Waals surface area contributed by atoms with Gasteiger partial charge in [-0.3, -0.25) is 9.98 Å². The number of hydrogen-bond acceptors (Lipinski definition) is 2. The molecular formula is C19H24ClIN4. The lowest BCUT2D eigenvalue weighted by Gasteiger charge is -2.19. The quantitative estimate of drug-likeness (QED) is 0.394. The molecule has 1 aromatic carbocycles. The van der Waals surface area contributed by atoms with Crippen LogP contribution in [0.3, 0.4) is 0 Å². The molecule has 1 fully saturated rings. The largest absolute Gasteiger partial charge is 0.356 e. The van der Waals surface area contributed by atoms with E-state index in [1.165, 1.54) is 18.4 Å². The number of nitrogens with zero attached hydrogens (tertiary/aromatic N) is 2. The lowest BCUT2D eigenvalue weighted by Crippen LogP contribution is -2.41. The highest BCUT2D eigenvalue weighted by molar-refractivity contribution is 14.0. The van der Waals surface area contributed by atoms with Gasteiger partial charge in [-0.05, 0) is 49.6 Å². The van der Waals surface area contributed by atoms with Gasteiger partial charge in [0.15, 0.2) is 5.96 Å². The Labute approximate surface area is 171 Å². The molecule has 1 heterocycles. The third kappa shape index (κ3) is 5.31. The van der Waals surface area contributed by atoms with E-state index >= 15 is 0 Å². The second kappa shape index (κ2) is 8.85. The van der Waals surface area contributed by atoms with Crippen molar-refractivity contribution in [2.75, 3.05) is 13.6 Å². The molecule has 1 aliphatic carbocycles. The lowest BCUT2D eigenvalue weighted by atomic mass is 9.96. The van der Waals surface area contributed by atoms with Crippen LogP contribution in [0.25, 0.3) is 0 Å². The number of guanidine groups is 1. The van der Waals surface area contributed by atoms with Gasteiger partial charge in [-0.2, -0.15) is 0 Å². The number of pyridine rings is 1. The molecule has 4 nitrogen and oxygen atoms in total. The SMILES string of the molecule is CN=C(NCc1cccc(C)n1)NCC1(c2cccc(Cl)c2)CC1.I. The smallest absolute Gasteiger partial charge is 0.191 e. The van der Waals surface area contributed by atoms with Gasteiger partial charge in [0.25, 0.3) is 0 Å². The van der Waals surface area contributed by atoms with Crippen molar-refractivity contribution in [3.05, 3.63) is 64.4 Å². The summed E-state index contributed by atoms with van der Waals surface area (Å²) in [4.78, 5) is 8.81. The molecule has 134 valence electrons. The maximum Gasteiger partial charge on any atom is 0.191 e. The summed E-state index contributed by atoms with van der Waals surface area (Å²) in [6, 6.07) is 14.2. The van der Waals surface area contributed by atoms with E-state index in [4.69, 9.17) is 11.6 Å². The third-order valence-corrected chi connectivity index (χ3v) is 4.73. The Kier molecular flexibility index (Phi) is 7.07. The minimum absolute atomic E-state index is 0. The Morgan fingerprint density at radius 1 is 1.20 bits per heavy atom. The molecule has 2 aromatic rings. The van der Waals surface area contributed by atoms with Crippen LogP contribution in [0.15, 0.2) is 47.5 Å². The van der Waals surface area contributed by atoms with Gasteiger partial charge in [-0.15, -0.1) is 24.0 Å². The van der Waals surface area contributed by atoms with E-state index in [1.54, 1.807) is 7.05 Å². The van der Waals surface area contributed by atoms with E-state index in [2.05, 4.69) is 32.7 Å². The summed E-state index contributed by atoms with van der Waals surface area (Å²) in [7, 11) is 1.79. The fraction of sp³-hybridized carbons (Fsp3) is 0.368. The minimum atomic E-state index is 0. The van der Waals surface area contributed by atoms with Gasteiger partial charge in [0.2, 0.25) is 0 Å². The molecule has 1 aromatic heterocycles. The molecule has 25 heavy (non-hydrogen) atoms. The van der Waals surface area contributed by atoms with Crippen LogP contribution in [0.2, 0.25) is 5.02 Å². The number of hydrogen-bond donors (Lipinski definition) is 2. The van der Waals surface area contributed by atoms with E-state index in [-0.39, 0.29) is 29.4 Å². The third-order valence-electron chi connectivity index (χ3n) is 4.49. The van der Waals surface area contributed by atoms with Crippen LogP contribution in [0.1, 0.15) is 29.8 Å². The first-order valence-corrected chi connectivity index (χ1v) is 8.62. The van der Waals surface area contributed by atoms with Crippen LogP contribution in [-0.4, -0.2) is 24.5 Å². The molecule has 1 aliphatic rings. The molecule has 3 rings (SSSR count). The minimum Gasteiger partial charge on any atom is -0.356 e. The van der Waals surface area contributed by atoms with Crippen molar-refractivity contribution in [2.45, 2.75) is 31.7 Å². The van der Waals surface area contributed by atoms with Crippen molar-refractivity contribution >= 4 is 41.5 Å². The van der Waals surface area contributed by atoms with Crippen molar-refractivity contribution < 1.29 is 0 Å². The average Bonchev–Trinajstić information content (AvgIpc) is 3.36. The topological polar surface area (TPSA) is 49.3 Å². The van der Waals surface area contributed by atoms with Crippen LogP contribution < -0.4 is 10.6 Å². The monoisotopic (exact) mass is 470 g/mol. The summed E-state index contributed by atoms with van der Waals surface area (Å²) in [5.41, 5.74) is 3.52. The van der Waals surface area contributed by atoms with Gasteiger partial charge >= 0.3 is 0 Å². The van der Waals surface area contributed by atoms with Gasteiger partial charge in [-0.1, -0.05) is 29.8 Å². The maximum absolute atomic E-state index is 6.14. The highest BCUT2D eigenvalue weighted by Gasteiger charge is 2.44. The zero-order valence-electron chi connectivity index (χ0n) is 14.6. The van der Waals surface area contributed by atoms with E-state index in [0.29, 0.717) is 6.54 Å². The van der Waals surface area contributed by atoms with Crippen LogP contribution in [0.4, 0.5) is 0 Å². The van der Waals surface area contributed by atoms with Crippen molar-refractivity contribution in [3.8, 4) is 0 Å². The number of nitrogens with one attached hydrogen (secondary N) is 2. The summed E-state index contributed by atoms with van der Waals surface area (Å²) in [6.45, 7) is 3.51. The molecule has 0 amide bonds. The second-order valence-electron chi connectivity index (χ2n) is 6.34. The summed E-state index contributed by atoms with van der Waals surface area (Å²) < 4.78 is 0. The van der Waals surface area contributed by atoms with Crippen molar-refractivity contribution in [1.29, 1.82) is 0 Å². The predicted molar refractivity (Wildman–Crippen MR) is 115 cm³/mol. The summed E-state index contributed by atoms with van der Waals surface area (Å²) in [6.07, 6.45) is 2.35. The second-order valence-corrected chi connectivity index (χ2v) is 6.78. The molecular weight excluding hydrogens is 447 g/mol. The molecule has 1 saturated carbocycles. The van der Waals surface area contributed by atoms with Crippen molar-refractivity contribution in [1.82, 2.24) is 15.6 Å². The van der Waals surface area contributed by atoms with E-state index in [1.807, 2.05) is 37.3 Å². The molecule has 0 saturated heterocycles. The van der Waals surface area contributed by atoms with Crippen LogP contribution in [-0.2, 0) is 12.0 Å². The first kappa shape index (κ1) is 20.0. The Balaban J connectivity index is 0.00000225. The molecule has 0 aliphatic heterocycles. The Bertz CT molecular complexity index is 744. The Hall–Kier alpha value is -1.34. The number of rotatable bonds is 5. The summed E-state index contributed by atoms with van der Waals surface area (Å²) >= 11 is 6.14. The number of aryl methyl sites for hydroxylation is 1. The standard InChI is InChI=1S/C19H23ClN4.HI/c1-14-5-3-8-17(24-14)12-22-18(21-2)23-13-19(9-10-19)15-6-4-7-16(20)11-15;/h3-8,11H,9-10,12-13H2,1-2H3,(H2,21,22,23);1H. The molecule has 0 atom stereocenters. The Morgan fingerprint density at radius 2 is 1.96 bits per heavy atom. The van der Waals surface area contributed by atoms with Gasteiger partial charge in [-0.25, -0.2) is 0 Å². The first-order valence-electron chi connectivity index (χ1n) is 8.24. The maximum atomic E-state index is 6.14. The Morgan fingerprint density at radius 3 is 2.60 bits per heavy atom. The number of aromatic nitrogens is 1. The highest BCUT2D eigenvalue weighted by Crippen LogP contribution is 2.48. The fourth-order valence-corrected chi connectivity index (χ4v) is 3.07.